The molecule has 5 heteroatoms. The van der Waals surface area contributed by atoms with E-state index < -0.39 is 11.6 Å². The fraction of sp³-hybridized carbons (Fsp3) is 0.300. The van der Waals surface area contributed by atoms with Gasteiger partial charge in [0, 0.05) is 12.2 Å². The molecule has 2 aliphatic heterocycles. The summed E-state index contributed by atoms with van der Waals surface area (Å²) in [6, 6.07) is 18.3. The molecule has 0 spiro atoms. The third-order valence-corrected chi connectivity index (χ3v) is 5.24. The van der Waals surface area contributed by atoms with Crippen molar-refractivity contribution in [1.29, 1.82) is 0 Å². The van der Waals surface area contributed by atoms with Crippen molar-refractivity contribution in [1.82, 2.24) is 10.6 Å². The lowest BCUT2D eigenvalue weighted by Gasteiger charge is -2.29. The summed E-state index contributed by atoms with van der Waals surface area (Å²) in [5, 5.41) is 5.07. The van der Waals surface area contributed by atoms with Gasteiger partial charge in [-0.25, -0.2) is 4.79 Å². The molecule has 0 radical (unpaired) electrons. The lowest BCUT2D eigenvalue weighted by atomic mass is 9.91. The monoisotopic (exact) mass is 335 g/mol. The second kappa shape index (κ2) is 5.92. The largest absolute Gasteiger partial charge is 0.364 e. The SMILES string of the molecule is CC1(c2cccc(N3CCCC3c3ccccc3)c2)NC(=O)NC1=O. The molecule has 2 aromatic rings. The van der Waals surface area contributed by atoms with Crippen molar-refractivity contribution in [3.8, 4) is 0 Å². The molecular weight excluding hydrogens is 314 g/mol. The van der Waals surface area contributed by atoms with Gasteiger partial charge in [-0.15, -0.1) is 0 Å². The molecule has 2 aromatic carbocycles. The van der Waals surface area contributed by atoms with Crippen LogP contribution in [0, 0.1) is 0 Å². The first-order chi connectivity index (χ1) is 12.1. The van der Waals surface area contributed by atoms with Gasteiger partial charge in [-0.3, -0.25) is 10.1 Å². The number of carbonyl (C=O) groups is 2. The summed E-state index contributed by atoms with van der Waals surface area (Å²) in [6.45, 7) is 2.73. The molecule has 2 unspecified atom stereocenters. The van der Waals surface area contributed by atoms with E-state index in [1.54, 1.807) is 6.92 Å². The first kappa shape index (κ1) is 15.7. The van der Waals surface area contributed by atoms with Crippen molar-refractivity contribution in [2.45, 2.75) is 31.3 Å². The number of carbonyl (C=O) groups excluding carboxylic acids is 2. The van der Waals surface area contributed by atoms with Crippen molar-refractivity contribution in [2.24, 2.45) is 0 Å². The van der Waals surface area contributed by atoms with Crippen LogP contribution in [-0.2, 0) is 10.3 Å². The Labute approximate surface area is 147 Å². The smallest absolute Gasteiger partial charge is 0.322 e. The van der Waals surface area contributed by atoms with Crippen LogP contribution in [0.4, 0.5) is 10.5 Å². The molecule has 0 aromatic heterocycles. The first-order valence-electron chi connectivity index (χ1n) is 8.64. The van der Waals surface area contributed by atoms with Crippen molar-refractivity contribution in [3.63, 3.8) is 0 Å². The zero-order valence-corrected chi connectivity index (χ0v) is 14.2. The van der Waals surface area contributed by atoms with Crippen LogP contribution >= 0.6 is 0 Å². The lowest BCUT2D eigenvalue weighted by Crippen LogP contribution is -2.40. The molecule has 2 atom stereocenters. The normalized spacial score (nSPS) is 25.8. The summed E-state index contributed by atoms with van der Waals surface area (Å²) in [5.41, 5.74) is 2.17. The van der Waals surface area contributed by atoms with Gasteiger partial charge < -0.3 is 10.2 Å². The van der Waals surface area contributed by atoms with E-state index >= 15 is 0 Å². The highest BCUT2D eigenvalue weighted by molar-refractivity contribution is 6.07. The molecular formula is C20H21N3O2. The number of amides is 3. The van der Waals surface area contributed by atoms with E-state index in [4.69, 9.17) is 0 Å². The highest BCUT2D eigenvalue weighted by atomic mass is 16.2. The maximum absolute atomic E-state index is 12.2. The number of anilines is 1. The Bertz CT molecular complexity index is 821. The number of hydrogen-bond acceptors (Lipinski definition) is 3. The molecule has 0 bridgehead atoms. The van der Waals surface area contributed by atoms with Crippen LogP contribution in [0.25, 0.3) is 0 Å². The summed E-state index contributed by atoms with van der Waals surface area (Å²) < 4.78 is 0. The minimum absolute atomic E-state index is 0.310. The number of urea groups is 1. The highest BCUT2D eigenvalue weighted by Gasteiger charge is 2.43. The van der Waals surface area contributed by atoms with Crippen molar-refractivity contribution in [3.05, 3.63) is 65.7 Å². The number of imide groups is 1. The van der Waals surface area contributed by atoms with Crippen LogP contribution in [0.5, 0.6) is 0 Å². The Hall–Kier alpha value is -2.82. The summed E-state index contributed by atoms with van der Waals surface area (Å²) in [6.07, 6.45) is 2.25. The molecule has 4 rings (SSSR count). The molecule has 128 valence electrons. The molecule has 2 saturated heterocycles. The number of rotatable bonds is 3. The molecule has 2 heterocycles. The van der Waals surface area contributed by atoms with Crippen molar-refractivity contribution < 1.29 is 9.59 Å². The maximum atomic E-state index is 12.2. The third-order valence-electron chi connectivity index (χ3n) is 5.24. The molecule has 2 aliphatic rings. The molecule has 3 amide bonds. The zero-order valence-electron chi connectivity index (χ0n) is 14.2. The molecule has 2 fully saturated rings. The lowest BCUT2D eigenvalue weighted by molar-refractivity contribution is -0.123. The molecule has 0 aliphatic carbocycles. The minimum Gasteiger partial charge on any atom is -0.364 e. The Morgan fingerprint density at radius 2 is 1.88 bits per heavy atom. The number of nitrogens with one attached hydrogen (secondary N) is 2. The van der Waals surface area contributed by atoms with Gasteiger partial charge in [-0.05, 0) is 43.0 Å². The van der Waals surface area contributed by atoms with Crippen LogP contribution in [0.15, 0.2) is 54.6 Å². The first-order valence-corrected chi connectivity index (χ1v) is 8.64. The predicted molar refractivity (Wildman–Crippen MR) is 96.2 cm³/mol. The average Bonchev–Trinajstić information content (AvgIpc) is 3.21. The Morgan fingerprint density at radius 1 is 1.08 bits per heavy atom. The maximum Gasteiger partial charge on any atom is 0.322 e. The van der Waals surface area contributed by atoms with E-state index in [0.717, 1.165) is 30.6 Å². The Balaban J connectivity index is 1.68. The molecule has 0 saturated carbocycles. The Morgan fingerprint density at radius 3 is 2.60 bits per heavy atom. The van der Waals surface area contributed by atoms with Crippen molar-refractivity contribution >= 4 is 17.6 Å². The van der Waals surface area contributed by atoms with Gasteiger partial charge >= 0.3 is 6.03 Å². The van der Waals surface area contributed by atoms with Gasteiger partial charge in [0.25, 0.3) is 5.91 Å². The van der Waals surface area contributed by atoms with Crippen LogP contribution in [0.3, 0.4) is 0 Å². The van der Waals surface area contributed by atoms with Crippen molar-refractivity contribution in [2.75, 3.05) is 11.4 Å². The van der Waals surface area contributed by atoms with Gasteiger partial charge in [0.2, 0.25) is 0 Å². The van der Waals surface area contributed by atoms with Crippen LogP contribution in [0.2, 0.25) is 0 Å². The fourth-order valence-electron chi connectivity index (χ4n) is 3.84. The summed E-state index contributed by atoms with van der Waals surface area (Å²) in [7, 11) is 0. The average molecular weight is 335 g/mol. The zero-order chi connectivity index (χ0) is 17.4. The summed E-state index contributed by atoms with van der Waals surface area (Å²) in [4.78, 5) is 26.2. The van der Waals surface area contributed by atoms with Gasteiger partial charge in [0.15, 0.2) is 0 Å². The topological polar surface area (TPSA) is 61.4 Å². The number of hydrogen-bond donors (Lipinski definition) is 2. The van der Waals surface area contributed by atoms with Crippen LogP contribution < -0.4 is 15.5 Å². The van der Waals surface area contributed by atoms with E-state index in [9.17, 15) is 9.59 Å². The van der Waals surface area contributed by atoms with E-state index in [1.165, 1.54) is 5.56 Å². The van der Waals surface area contributed by atoms with E-state index in [2.05, 4.69) is 45.9 Å². The fourth-order valence-corrected chi connectivity index (χ4v) is 3.84. The van der Waals surface area contributed by atoms with Crippen LogP contribution in [-0.4, -0.2) is 18.5 Å². The second-order valence-electron chi connectivity index (χ2n) is 6.85. The molecule has 2 N–H and O–H groups in total. The highest BCUT2D eigenvalue weighted by Crippen LogP contribution is 2.37. The summed E-state index contributed by atoms with van der Waals surface area (Å²) in [5.74, 6) is -0.310. The minimum atomic E-state index is -1.02. The van der Waals surface area contributed by atoms with E-state index in [1.807, 2.05) is 24.3 Å². The number of nitrogens with zero attached hydrogens (tertiary/aromatic N) is 1. The number of benzene rings is 2. The second-order valence-corrected chi connectivity index (χ2v) is 6.85. The summed E-state index contributed by atoms with van der Waals surface area (Å²) >= 11 is 0. The van der Waals surface area contributed by atoms with E-state index in [0.29, 0.717) is 6.04 Å². The third kappa shape index (κ3) is 2.65. The Kier molecular flexibility index (Phi) is 3.71. The molecule has 25 heavy (non-hydrogen) atoms. The van der Waals surface area contributed by atoms with Gasteiger partial charge in [-0.2, -0.15) is 0 Å². The quantitative estimate of drug-likeness (QED) is 0.848. The standard InChI is InChI=1S/C20H21N3O2/c1-20(18(24)21-19(25)22-20)15-9-5-10-16(13-15)23-12-6-11-17(23)14-7-3-2-4-8-14/h2-5,7-10,13,17H,6,11-12H2,1H3,(H2,21,22,24,25). The van der Waals surface area contributed by atoms with Crippen LogP contribution in [0.1, 0.15) is 36.9 Å². The molecule has 5 nitrogen and oxygen atoms in total. The van der Waals surface area contributed by atoms with Gasteiger partial charge in [-0.1, -0.05) is 42.5 Å². The van der Waals surface area contributed by atoms with Gasteiger partial charge in [0.1, 0.15) is 5.54 Å². The van der Waals surface area contributed by atoms with Gasteiger partial charge in [0.05, 0.1) is 6.04 Å². The predicted octanol–water partition coefficient (Wildman–Crippen LogP) is 3.08. The van der Waals surface area contributed by atoms with E-state index in [-0.39, 0.29) is 5.91 Å².